The molecular formula is C24H31BrN4O3S. The van der Waals surface area contributed by atoms with Crippen molar-refractivity contribution < 1.29 is 13.5 Å². The normalized spacial score (nSPS) is 13.6. The fourth-order valence-corrected chi connectivity index (χ4v) is 4.43. The van der Waals surface area contributed by atoms with E-state index in [2.05, 4.69) is 31.3 Å². The van der Waals surface area contributed by atoms with Gasteiger partial charge in [-0.15, -0.1) is 0 Å². The molecule has 33 heavy (non-hydrogen) atoms. The van der Waals surface area contributed by atoms with Gasteiger partial charge >= 0.3 is 0 Å². The molecule has 0 saturated heterocycles. The van der Waals surface area contributed by atoms with Crippen molar-refractivity contribution >= 4 is 31.7 Å². The molecule has 0 unspecified atom stereocenters. The average Bonchev–Trinajstić information content (AvgIpc) is 2.77. The van der Waals surface area contributed by atoms with Crippen molar-refractivity contribution in [2.45, 2.75) is 25.7 Å². The summed E-state index contributed by atoms with van der Waals surface area (Å²) in [4.78, 5) is 4.87. The van der Waals surface area contributed by atoms with E-state index >= 15 is 0 Å². The average molecular weight is 536 g/mol. The van der Waals surface area contributed by atoms with Crippen LogP contribution in [-0.2, 0) is 10.0 Å². The van der Waals surface area contributed by atoms with E-state index in [1.165, 1.54) is 24.3 Å². The number of hydrogen-bond acceptors (Lipinski definition) is 6. The van der Waals surface area contributed by atoms with Gasteiger partial charge in [0, 0.05) is 41.1 Å². The first kappa shape index (κ1) is 26.8. The molecule has 9 heteroatoms. The molecule has 4 N–H and O–H groups in total. The number of aliphatic imine (C=N–C) groups is 1. The highest BCUT2D eigenvalue weighted by atomic mass is 79.9. The Balaban J connectivity index is 2.13. The second-order valence-electron chi connectivity index (χ2n) is 7.48. The van der Waals surface area contributed by atoms with Crippen molar-refractivity contribution in [1.82, 2.24) is 15.4 Å². The fourth-order valence-electron chi connectivity index (χ4n) is 2.99. The summed E-state index contributed by atoms with van der Waals surface area (Å²) in [7, 11) is -1.82. The van der Waals surface area contributed by atoms with Crippen molar-refractivity contribution in [2.24, 2.45) is 4.99 Å². The second kappa shape index (κ2) is 12.7. The Bertz CT molecular complexity index is 1160. The van der Waals surface area contributed by atoms with E-state index in [9.17, 15) is 13.5 Å². The number of allylic oxidation sites excluding steroid dienone is 3. The summed E-state index contributed by atoms with van der Waals surface area (Å²) in [5.74, 6) is -0.0940. The highest BCUT2D eigenvalue weighted by molar-refractivity contribution is 9.11. The number of nitrogens with zero attached hydrogens (tertiary/aromatic N) is 1. The number of phenols is 1. The van der Waals surface area contributed by atoms with Gasteiger partial charge in [0.15, 0.2) is 0 Å². The van der Waals surface area contributed by atoms with Gasteiger partial charge in [0.05, 0.1) is 10.6 Å². The summed E-state index contributed by atoms with van der Waals surface area (Å²) in [5, 5.41) is 15.8. The molecule has 0 atom stereocenters. The number of hydrogen-bond donors (Lipinski definition) is 4. The zero-order valence-electron chi connectivity index (χ0n) is 19.3. The molecule has 0 saturated carbocycles. The van der Waals surface area contributed by atoms with Crippen LogP contribution in [-0.4, -0.2) is 45.9 Å². The zero-order chi connectivity index (χ0) is 24.4. The highest BCUT2D eigenvalue weighted by Crippen LogP contribution is 2.17. The van der Waals surface area contributed by atoms with Crippen LogP contribution in [0.2, 0.25) is 0 Å². The van der Waals surface area contributed by atoms with Gasteiger partial charge in [-0.25, -0.2) is 13.1 Å². The molecule has 7 nitrogen and oxygen atoms in total. The monoisotopic (exact) mass is 534 g/mol. The van der Waals surface area contributed by atoms with Gasteiger partial charge in [-0.05, 0) is 57.7 Å². The van der Waals surface area contributed by atoms with Crippen LogP contribution in [0.4, 0.5) is 0 Å². The predicted molar refractivity (Wildman–Crippen MR) is 138 cm³/mol. The Hall–Kier alpha value is -2.46. The Morgan fingerprint density at radius 2 is 1.85 bits per heavy atom. The van der Waals surface area contributed by atoms with Crippen molar-refractivity contribution in [1.29, 1.82) is 0 Å². The third-order valence-electron chi connectivity index (χ3n) is 4.74. The minimum Gasteiger partial charge on any atom is -0.508 e. The smallest absolute Gasteiger partial charge is 0.240 e. The molecule has 0 aromatic heterocycles. The van der Waals surface area contributed by atoms with Crippen LogP contribution >= 0.6 is 15.9 Å². The molecule has 0 bridgehead atoms. The first-order valence-electron chi connectivity index (χ1n) is 10.5. The molecule has 0 aliphatic heterocycles. The lowest BCUT2D eigenvalue weighted by Gasteiger charge is -2.12. The largest absolute Gasteiger partial charge is 0.508 e. The molecule has 178 valence electrons. The number of benzene rings is 2. The van der Waals surface area contributed by atoms with E-state index in [4.69, 9.17) is 4.99 Å². The molecule has 0 aliphatic carbocycles. The van der Waals surface area contributed by atoms with Gasteiger partial charge in [0.2, 0.25) is 10.0 Å². The molecule has 0 fully saturated rings. The first-order chi connectivity index (χ1) is 15.6. The molecule has 0 aliphatic rings. The lowest BCUT2D eigenvalue weighted by atomic mass is 10.0. The fraction of sp³-hybridized carbons (Fsp3) is 0.292. The Labute approximate surface area is 204 Å². The quantitative estimate of drug-likeness (QED) is 0.259. The van der Waals surface area contributed by atoms with E-state index in [0.29, 0.717) is 13.1 Å². The number of aryl methyl sites for hydroxylation is 1. The second-order valence-corrected chi connectivity index (χ2v) is 10.2. The maximum atomic E-state index is 12.4. The van der Waals surface area contributed by atoms with Gasteiger partial charge in [0.25, 0.3) is 0 Å². The van der Waals surface area contributed by atoms with Crippen molar-refractivity contribution in [3.05, 3.63) is 81.6 Å². The van der Waals surface area contributed by atoms with Crippen molar-refractivity contribution in [3.63, 3.8) is 0 Å². The number of sulfonamides is 1. The topological polar surface area (TPSA) is 103 Å². The summed E-state index contributed by atoms with van der Waals surface area (Å²) < 4.78 is 28.2. The van der Waals surface area contributed by atoms with Crippen LogP contribution in [0.15, 0.2) is 80.4 Å². The Morgan fingerprint density at radius 3 is 2.52 bits per heavy atom. The summed E-state index contributed by atoms with van der Waals surface area (Å²) in [5.41, 5.74) is 4.66. The van der Waals surface area contributed by atoms with E-state index in [0.717, 1.165) is 32.7 Å². The first-order valence-corrected chi connectivity index (χ1v) is 12.8. The van der Waals surface area contributed by atoms with Crippen molar-refractivity contribution in [3.8, 4) is 5.75 Å². The summed E-state index contributed by atoms with van der Waals surface area (Å²) in [6.45, 7) is 7.16. The SMILES string of the molecule is CNC/C(Br)=C(C)/N=C(\C=C(/C)NCCNS(=O)(=O)c1cccc(O)c1)c1ccccc1C. The van der Waals surface area contributed by atoms with Gasteiger partial charge < -0.3 is 15.7 Å². The minimum atomic E-state index is -3.69. The number of nitrogens with one attached hydrogen (secondary N) is 3. The van der Waals surface area contributed by atoms with E-state index in [1.54, 1.807) is 0 Å². The molecule has 2 aromatic carbocycles. The van der Waals surface area contributed by atoms with Gasteiger partial charge in [-0.1, -0.05) is 46.3 Å². The third kappa shape index (κ3) is 8.43. The van der Waals surface area contributed by atoms with E-state index < -0.39 is 10.0 Å². The van der Waals surface area contributed by atoms with Crippen LogP contribution < -0.4 is 15.4 Å². The number of phenolic OH excluding ortho intramolecular Hbond substituents is 1. The zero-order valence-corrected chi connectivity index (χ0v) is 21.7. The Kier molecular flexibility index (Phi) is 10.3. The molecule has 2 rings (SSSR count). The maximum Gasteiger partial charge on any atom is 0.240 e. The number of rotatable bonds is 11. The standard InChI is InChI=1S/C24H31BrN4O3S/c1-17-8-5-6-11-22(17)24(29-19(3)23(25)16-26-4)14-18(2)27-12-13-28-33(31,32)21-10-7-9-20(30)15-21/h5-11,14-15,26-28,30H,12-13,16H2,1-4H3/b18-14+,23-19-,29-24+. The molecule has 2 aromatic rings. The van der Waals surface area contributed by atoms with Gasteiger partial charge in [0.1, 0.15) is 5.75 Å². The lowest BCUT2D eigenvalue weighted by molar-refractivity contribution is 0.473. The molecule has 0 amide bonds. The summed E-state index contributed by atoms with van der Waals surface area (Å²) in [6, 6.07) is 13.6. The molecule has 0 radical (unpaired) electrons. The van der Waals surface area contributed by atoms with Gasteiger partial charge in [-0.3, -0.25) is 4.99 Å². The maximum absolute atomic E-state index is 12.4. The lowest BCUT2D eigenvalue weighted by Crippen LogP contribution is -2.31. The van der Waals surface area contributed by atoms with Crippen LogP contribution in [0, 0.1) is 6.92 Å². The third-order valence-corrected chi connectivity index (χ3v) is 7.05. The summed E-state index contributed by atoms with van der Waals surface area (Å²) >= 11 is 3.58. The number of halogens is 1. The van der Waals surface area contributed by atoms with E-state index in [-0.39, 0.29) is 17.2 Å². The number of likely N-dealkylation sites (N-methyl/N-ethyl adjacent to an activating group) is 1. The Morgan fingerprint density at radius 1 is 1.12 bits per heavy atom. The van der Waals surface area contributed by atoms with Crippen LogP contribution in [0.5, 0.6) is 5.75 Å². The minimum absolute atomic E-state index is 0.0261. The van der Waals surface area contributed by atoms with Crippen LogP contribution in [0.25, 0.3) is 0 Å². The highest BCUT2D eigenvalue weighted by Gasteiger charge is 2.13. The molecular weight excluding hydrogens is 504 g/mol. The van der Waals surface area contributed by atoms with E-state index in [1.807, 2.05) is 58.2 Å². The van der Waals surface area contributed by atoms with Crippen molar-refractivity contribution in [2.75, 3.05) is 26.7 Å². The van der Waals surface area contributed by atoms with Crippen LogP contribution in [0.1, 0.15) is 25.0 Å². The molecule has 0 spiro atoms. The van der Waals surface area contributed by atoms with Crippen LogP contribution in [0.3, 0.4) is 0 Å². The van der Waals surface area contributed by atoms with Gasteiger partial charge in [-0.2, -0.15) is 0 Å². The summed E-state index contributed by atoms with van der Waals surface area (Å²) in [6.07, 6.45) is 1.95. The molecule has 0 heterocycles. The number of aromatic hydroxyl groups is 1. The predicted octanol–water partition coefficient (Wildman–Crippen LogP) is 3.81.